The molecule has 0 spiro atoms. The number of nitriles is 1. The topological polar surface area (TPSA) is 101 Å². The van der Waals surface area contributed by atoms with E-state index in [9.17, 15) is 20.2 Å². The minimum absolute atomic E-state index is 0.0190. The number of aromatic nitrogens is 1. The number of carbonyl (C=O) groups excluding carboxylic acids is 1. The van der Waals surface area contributed by atoms with Crippen LogP contribution in [0.5, 0.6) is 0 Å². The first-order chi connectivity index (χ1) is 13.9. The van der Waals surface area contributed by atoms with Gasteiger partial charge >= 0.3 is 0 Å². The quantitative estimate of drug-likeness (QED) is 0.286. The second-order valence-electron chi connectivity index (χ2n) is 6.37. The Morgan fingerprint density at radius 3 is 2.62 bits per heavy atom. The summed E-state index contributed by atoms with van der Waals surface area (Å²) in [6.07, 6.45) is 1.56. The molecule has 1 aromatic carbocycles. The van der Waals surface area contributed by atoms with Crippen LogP contribution in [-0.2, 0) is 11.3 Å². The third-order valence-electron chi connectivity index (χ3n) is 4.46. The van der Waals surface area contributed by atoms with Gasteiger partial charge in [0.1, 0.15) is 11.6 Å². The van der Waals surface area contributed by atoms with Gasteiger partial charge in [-0.25, -0.2) is 0 Å². The standard InChI is InChI=1S/C21H18N4O3S/c1-14-10-16(11-17(12-22)21(26)23-13-20-4-3-9-29-20)15(2)24(14)18-5-7-19(8-6-18)25(27)28/h3-11H,13H2,1-2H3,(H,23,26). The van der Waals surface area contributed by atoms with E-state index >= 15 is 0 Å². The van der Waals surface area contributed by atoms with E-state index < -0.39 is 10.8 Å². The van der Waals surface area contributed by atoms with E-state index in [-0.39, 0.29) is 11.3 Å². The Bertz CT molecular complexity index is 1120. The average molecular weight is 406 g/mol. The number of nitrogens with one attached hydrogen (secondary N) is 1. The Balaban J connectivity index is 1.86. The van der Waals surface area contributed by atoms with E-state index in [1.54, 1.807) is 18.2 Å². The number of aryl methyl sites for hydroxylation is 1. The number of hydrogen-bond acceptors (Lipinski definition) is 5. The second kappa shape index (κ2) is 8.54. The maximum atomic E-state index is 12.4. The molecule has 146 valence electrons. The first-order valence-electron chi connectivity index (χ1n) is 8.77. The van der Waals surface area contributed by atoms with Gasteiger partial charge < -0.3 is 9.88 Å². The zero-order valence-electron chi connectivity index (χ0n) is 15.9. The molecule has 8 heteroatoms. The molecular weight excluding hydrogens is 388 g/mol. The minimum Gasteiger partial charge on any atom is -0.347 e. The van der Waals surface area contributed by atoms with E-state index in [0.717, 1.165) is 27.5 Å². The summed E-state index contributed by atoms with van der Waals surface area (Å²) in [5.74, 6) is -0.430. The molecule has 3 rings (SSSR count). The van der Waals surface area contributed by atoms with E-state index in [2.05, 4.69) is 5.32 Å². The zero-order valence-corrected chi connectivity index (χ0v) is 16.7. The number of nitrogens with zero attached hydrogens (tertiary/aromatic N) is 3. The highest BCUT2D eigenvalue weighted by Crippen LogP contribution is 2.24. The predicted octanol–water partition coefficient (Wildman–Crippen LogP) is 4.29. The number of thiophene rings is 1. The highest BCUT2D eigenvalue weighted by molar-refractivity contribution is 7.09. The van der Waals surface area contributed by atoms with Crippen LogP contribution in [-0.4, -0.2) is 15.4 Å². The second-order valence-corrected chi connectivity index (χ2v) is 7.40. The lowest BCUT2D eigenvalue weighted by Gasteiger charge is -2.09. The van der Waals surface area contributed by atoms with Crippen molar-refractivity contribution in [1.82, 2.24) is 9.88 Å². The van der Waals surface area contributed by atoms with Crippen LogP contribution in [0, 0.1) is 35.3 Å². The van der Waals surface area contributed by atoms with Crippen LogP contribution in [0.2, 0.25) is 0 Å². The number of benzene rings is 1. The molecule has 0 radical (unpaired) electrons. The number of amides is 1. The van der Waals surface area contributed by atoms with Crippen molar-refractivity contribution >= 4 is 29.0 Å². The molecule has 0 unspecified atom stereocenters. The van der Waals surface area contributed by atoms with Crippen molar-refractivity contribution in [1.29, 1.82) is 5.26 Å². The summed E-state index contributed by atoms with van der Waals surface area (Å²) in [5.41, 5.74) is 3.26. The molecule has 3 aromatic rings. The number of nitro groups is 1. The molecule has 2 aromatic heterocycles. The van der Waals surface area contributed by atoms with Crippen LogP contribution in [0.25, 0.3) is 11.8 Å². The van der Waals surface area contributed by atoms with E-state index in [1.165, 1.54) is 23.5 Å². The third kappa shape index (κ3) is 4.42. The molecule has 0 saturated carbocycles. The summed E-state index contributed by atoms with van der Waals surface area (Å²) in [4.78, 5) is 23.8. The van der Waals surface area contributed by atoms with Gasteiger partial charge in [0, 0.05) is 34.1 Å². The smallest absolute Gasteiger partial charge is 0.269 e. The Kier molecular flexibility index (Phi) is 5.90. The summed E-state index contributed by atoms with van der Waals surface area (Å²) in [5, 5.41) is 25.0. The van der Waals surface area contributed by atoms with Crippen LogP contribution in [0.3, 0.4) is 0 Å². The Morgan fingerprint density at radius 2 is 2.03 bits per heavy atom. The number of non-ortho nitro benzene ring substituents is 1. The van der Waals surface area contributed by atoms with E-state index in [4.69, 9.17) is 0 Å². The Labute approximate surface area is 171 Å². The molecule has 0 aliphatic carbocycles. The van der Waals surface area contributed by atoms with Gasteiger partial charge in [0.05, 0.1) is 11.5 Å². The highest BCUT2D eigenvalue weighted by atomic mass is 32.1. The van der Waals surface area contributed by atoms with E-state index in [1.807, 2.05) is 48.1 Å². The lowest BCUT2D eigenvalue weighted by molar-refractivity contribution is -0.384. The van der Waals surface area contributed by atoms with Crippen molar-refractivity contribution in [2.45, 2.75) is 20.4 Å². The van der Waals surface area contributed by atoms with Gasteiger partial charge in [-0.1, -0.05) is 6.07 Å². The summed E-state index contributed by atoms with van der Waals surface area (Å²) in [7, 11) is 0. The first kappa shape index (κ1) is 20.0. The van der Waals surface area contributed by atoms with Gasteiger partial charge in [-0.2, -0.15) is 5.26 Å². The molecule has 0 aliphatic heterocycles. The van der Waals surface area contributed by atoms with Gasteiger partial charge in [-0.05, 0) is 55.1 Å². The van der Waals surface area contributed by atoms with Gasteiger partial charge in [-0.3, -0.25) is 14.9 Å². The molecule has 0 saturated heterocycles. The van der Waals surface area contributed by atoms with Gasteiger partial charge in [-0.15, -0.1) is 11.3 Å². The molecule has 1 amide bonds. The summed E-state index contributed by atoms with van der Waals surface area (Å²) in [6, 6.07) is 13.9. The van der Waals surface area contributed by atoms with Crippen LogP contribution in [0.15, 0.2) is 53.4 Å². The molecule has 0 fully saturated rings. The molecule has 7 nitrogen and oxygen atoms in total. The maximum Gasteiger partial charge on any atom is 0.269 e. The third-order valence-corrected chi connectivity index (χ3v) is 5.33. The van der Waals surface area contributed by atoms with Crippen molar-refractivity contribution in [3.63, 3.8) is 0 Å². The highest BCUT2D eigenvalue weighted by Gasteiger charge is 2.14. The van der Waals surface area contributed by atoms with Crippen LogP contribution in [0.1, 0.15) is 21.8 Å². The molecule has 2 heterocycles. The normalized spacial score (nSPS) is 11.1. The van der Waals surface area contributed by atoms with Gasteiger partial charge in [0.2, 0.25) is 0 Å². The fourth-order valence-corrected chi connectivity index (χ4v) is 3.68. The summed E-state index contributed by atoms with van der Waals surface area (Å²) < 4.78 is 1.92. The number of hydrogen-bond donors (Lipinski definition) is 1. The number of rotatable bonds is 6. The fraction of sp³-hybridized carbons (Fsp3) is 0.143. The Morgan fingerprint density at radius 1 is 1.31 bits per heavy atom. The maximum absolute atomic E-state index is 12.4. The molecular formula is C21H18N4O3S. The lowest BCUT2D eigenvalue weighted by atomic mass is 10.1. The summed E-state index contributed by atoms with van der Waals surface area (Å²) >= 11 is 1.53. The summed E-state index contributed by atoms with van der Waals surface area (Å²) in [6.45, 7) is 4.14. The van der Waals surface area contributed by atoms with Gasteiger partial charge in [0.25, 0.3) is 11.6 Å². The largest absolute Gasteiger partial charge is 0.347 e. The van der Waals surface area contributed by atoms with E-state index in [0.29, 0.717) is 6.54 Å². The van der Waals surface area contributed by atoms with Crippen molar-refractivity contribution in [2.24, 2.45) is 0 Å². The molecule has 0 aliphatic rings. The molecule has 0 bridgehead atoms. The van der Waals surface area contributed by atoms with Crippen molar-refractivity contribution < 1.29 is 9.72 Å². The molecule has 29 heavy (non-hydrogen) atoms. The SMILES string of the molecule is Cc1cc(C=C(C#N)C(=O)NCc2cccs2)c(C)n1-c1ccc([N+](=O)[O-])cc1. The predicted molar refractivity (Wildman–Crippen MR) is 112 cm³/mol. The van der Waals surface area contributed by atoms with Crippen LogP contribution in [0.4, 0.5) is 5.69 Å². The molecule has 1 N–H and O–H groups in total. The number of carbonyl (C=O) groups is 1. The van der Waals surface area contributed by atoms with Crippen molar-refractivity contribution in [3.05, 3.63) is 85.4 Å². The van der Waals surface area contributed by atoms with Gasteiger partial charge in [0.15, 0.2) is 0 Å². The average Bonchev–Trinajstić information content (AvgIpc) is 3.32. The fourth-order valence-electron chi connectivity index (χ4n) is 3.03. The van der Waals surface area contributed by atoms with Crippen molar-refractivity contribution in [3.8, 4) is 11.8 Å². The van der Waals surface area contributed by atoms with Crippen LogP contribution >= 0.6 is 11.3 Å². The minimum atomic E-state index is -0.443. The Hall–Kier alpha value is -3.70. The van der Waals surface area contributed by atoms with Crippen molar-refractivity contribution in [2.75, 3.05) is 0 Å². The monoisotopic (exact) mass is 406 g/mol. The van der Waals surface area contributed by atoms with Crippen LogP contribution < -0.4 is 5.32 Å². The lowest BCUT2D eigenvalue weighted by Crippen LogP contribution is -2.23. The number of nitro benzene ring substituents is 1. The first-order valence-corrected chi connectivity index (χ1v) is 9.65. The molecule has 0 atom stereocenters. The zero-order chi connectivity index (χ0) is 21.0.